The SMILES string of the molecule is C=CC(=O)OCCOc1ccc(C(=Cc2ccc(N(c3ccc(CCOC(=O)C=C)cc3)c3ccc(C)c(C)c3)cc2)c2ccccc2)cc1. The lowest BCUT2D eigenvalue weighted by Gasteiger charge is -2.26. The molecule has 0 N–H and O–H groups in total. The third-order valence-corrected chi connectivity index (χ3v) is 8.22. The Bertz CT molecular complexity index is 1940. The molecule has 0 amide bonds. The Morgan fingerprint density at radius 3 is 1.82 bits per heavy atom. The van der Waals surface area contributed by atoms with Crippen molar-refractivity contribution in [3.8, 4) is 5.75 Å². The van der Waals surface area contributed by atoms with E-state index in [0.717, 1.165) is 51.0 Å². The predicted octanol–water partition coefficient (Wildman–Crippen LogP) is 9.74. The zero-order valence-electron chi connectivity index (χ0n) is 28.5. The second kappa shape index (κ2) is 17.3. The van der Waals surface area contributed by atoms with Gasteiger partial charge in [0.15, 0.2) is 0 Å². The smallest absolute Gasteiger partial charge is 0.330 e. The fourth-order valence-electron chi connectivity index (χ4n) is 5.38. The van der Waals surface area contributed by atoms with Crippen LogP contribution in [0.25, 0.3) is 11.6 Å². The fourth-order valence-corrected chi connectivity index (χ4v) is 5.38. The van der Waals surface area contributed by atoms with Gasteiger partial charge in [0.1, 0.15) is 19.0 Å². The van der Waals surface area contributed by atoms with Crippen LogP contribution in [-0.2, 0) is 25.5 Å². The minimum Gasteiger partial charge on any atom is -0.490 e. The summed E-state index contributed by atoms with van der Waals surface area (Å²) < 4.78 is 15.9. The van der Waals surface area contributed by atoms with Gasteiger partial charge >= 0.3 is 11.9 Å². The van der Waals surface area contributed by atoms with Crippen LogP contribution in [0.4, 0.5) is 17.1 Å². The van der Waals surface area contributed by atoms with Gasteiger partial charge in [-0.15, -0.1) is 0 Å². The predicted molar refractivity (Wildman–Crippen MR) is 202 cm³/mol. The van der Waals surface area contributed by atoms with Gasteiger partial charge in [-0.05, 0) is 107 Å². The van der Waals surface area contributed by atoms with Gasteiger partial charge in [-0.2, -0.15) is 0 Å². The molecule has 0 unspecified atom stereocenters. The van der Waals surface area contributed by atoms with Crippen molar-refractivity contribution in [2.75, 3.05) is 24.7 Å². The van der Waals surface area contributed by atoms with Crippen LogP contribution in [-0.4, -0.2) is 31.8 Å². The summed E-state index contributed by atoms with van der Waals surface area (Å²) in [5, 5.41) is 0. The number of carbonyl (C=O) groups excluding carboxylic acids is 2. The number of esters is 2. The Balaban J connectivity index is 1.41. The monoisotopic (exact) mass is 663 g/mol. The van der Waals surface area contributed by atoms with Gasteiger partial charge < -0.3 is 19.1 Å². The summed E-state index contributed by atoms with van der Waals surface area (Å²) in [6, 6.07) is 41.6. The second-order valence-electron chi connectivity index (χ2n) is 11.7. The minimum atomic E-state index is -0.469. The van der Waals surface area contributed by atoms with Crippen LogP contribution < -0.4 is 9.64 Å². The first-order valence-corrected chi connectivity index (χ1v) is 16.5. The average Bonchev–Trinajstić information content (AvgIpc) is 3.15. The molecule has 6 heteroatoms. The van der Waals surface area contributed by atoms with Crippen molar-refractivity contribution in [2.45, 2.75) is 20.3 Å². The van der Waals surface area contributed by atoms with Crippen molar-refractivity contribution in [2.24, 2.45) is 0 Å². The van der Waals surface area contributed by atoms with E-state index in [-0.39, 0.29) is 13.2 Å². The van der Waals surface area contributed by atoms with Gasteiger partial charge in [0.05, 0.1) is 6.61 Å². The topological polar surface area (TPSA) is 65.1 Å². The molecule has 5 aromatic carbocycles. The molecule has 0 saturated heterocycles. The lowest BCUT2D eigenvalue weighted by Crippen LogP contribution is -2.10. The van der Waals surface area contributed by atoms with E-state index >= 15 is 0 Å². The summed E-state index contributed by atoms with van der Waals surface area (Å²) in [5.74, 6) is -0.193. The molecule has 0 aromatic heterocycles. The summed E-state index contributed by atoms with van der Waals surface area (Å²) in [5.41, 5.74) is 10.9. The van der Waals surface area contributed by atoms with Gasteiger partial charge in [-0.1, -0.05) is 86.0 Å². The quantitative estimate of drug-likeness (QED) is 0.0481. The molecule has 0 spiro atoms. The molecule has 0 atom stereocenters. The van der Waals surface area contributed by atoms with Gasteiger partial charge in [-0.3, -0.25) is 0 Å². The molecule has 0 fully saturated rings. The Morgan fingerprint density at radius 2 is 1.20 bits per heavy atom. The van der Waals surface area contributed by atoms with Crippen molar-refractivity contribution in [1.29, 1.82) is 0 Å². The zero-order valence-corrected chi connectivity index (χ0v) is 28.5. The van der Waals surface area contributed by atoms with Crippen LogP contribution in [0, 0.1) is 13.8 Å². The molecule has 50 heavy (non-hydrogen) atoms. The van der Waals surface area contributed by atoms with E-state index in [4.69, 9.17) is 14.2 Å². The summed E-state index contributed by atoms with van der Waals surface area (Å²) in [4.78, 5) is 25.0. The Morgan fingerprint density at radius 1 is 0.620 bits per heavy atom. The van der Waals surface area contributed by atoms with Crippen molar-refractivity contribution >= 4 is 40.6 Å². The highest BCUT2D eigenvalue weighted by atomic mass is 16.6. The van der Waals surface area contributed by atoms with Crippen LogP contribution in [0.5, 0.6) is 5.75 Å². The zero-order chi connectivity index (χ0) is 35.3. The number of aryl methyl sites for hydroxylation is 2. The molecule has 0 saturated carbocycles. The minimum absolute atomic E-state index is 0.152. The van der Waals surface area contributed by atoms with Gasteiger partial charge in [0.25, 0.3) is 0 Å². The van der Waals surface area contributed by atoms with E-state index in [9.17, 15) is 9.59 Å². The van der Waals surface area contributed by atoms with E-state index in [2.05, 4.69) is 117 Å². The van der Waals surface area contributed by atoms with Crippen LogP contribution in [0.2, 0.25) is 0 Å². The van der Waals surface area contributed by atoms with E-state index in [1.165, 1.54) is 17.2 Å². The molecule has 0 radical (unpaired) electrons. The fraction of sp³-hybridized carbons (Fsp3) is 0.136. The molecule has 0 heterocycles. The molecule has 252 valence electrons. The number of nitrogens with zero attached hydrogens (tertiary/aromatic N) is 1. The van der Waals surface area contributed by atoms with Crippen LogP contribution >= 0.6 is 0 Å². The molecular weight excluding hydrogens is 622 g/mol. The summed E-state index contributed by atoms with van der Waals surface area (Å²) in [6.45, 7) is 11.8. The average molecular weight is 664 g/mol. The van der Waals surface area contributed by atoms with Crippen molar-refractivity contribution in [1.82, 2.24) is 0 Å². The van der Waals surface area contributed by atoms with E-state index in [1.807, 2.05) is 42.5 Å². The molecule has 0 aliphatic carbocycles. The maximum Gasteiger partial charge on any atom is 0.330 e. The number of hydrogen-bond donors (Lipinski definition) is 0. The number of anilines is 3. The van der Waals surface area contributed by atoms with Crippen molar-refractivity contribution in [3.63, 3.8) is 0 Å². The second-order valence-corrected chi connectivity index (χ2v) is 11.7. The van der Waals surface area contributed by atoms with Gasteiger partial charge in [-0.25, -0.2) is 9.59 Å². The van der Waals surface area contributed by atoms with Crippen molar-refractivity contribution in [3.05, 3.63) is 180 Å². The third-order valence-electron chi connectivity index (χ3n) is 8.22. The first-order chi connectivity index (χ1) is 24.3. The lowest BCUT2D eigenvalue weighted by atomic mass is 9.95. The first-order valence-electron chi connectivity index (χ1n) is 16.5. The Hall–Kier alpha value is -6.14. The third kappa shape index (κ3) is 9.48. The standard InChI is InChI=1S/C44H41NO5/c1-5-43(46)49-27-26-34-13-20-38(21-14-34)45(40-19-12-32(3)33(4)30-40)39-22-15-35(16-23-39)31-42(36-10-8-7-9-11-36)37-17-24-41(25-18-37)48-28-29-50-44(47)6-2/h5-25,30-31H,1-2,26-29H2,3-4H3. The Labute approximate surface area is 294 Å². The normalized spacial score (nSPS) is 11.0. The van der Waals surface area contributed by atoms with Gasteiger partial charge in [0, 0.05) is 35.6 Å². The van der Waals surface area contributed by atoms with Crippen LogP contribution in [0.1, 0.15) is 33.4 Å². The number of carbonyl (C=O) groups is 2. The maximum atomic E-state index is 11.4. The number of ether oxygens (including phenoxy) is 3. The van der Waals surface area contributed by atoms with E-state index < -0.39 is 11.9 Å². The highest BCUT2D eigenvalue weighted by Gasteiger charge is 2.14. The summed E-state index contributed by atoms with van der Waals surface area (Å²) >= 11 is 0. The molecule has 5 rings (SSSR count). The molecule has 0 aliphatic rings. The lowest BCUT2D eigenvalue weighted by molar-refractivity contribution is -0.139. The molecule has 6 nitrogen and oxygen atoms in total. The number of rotatable bonds is 15. The Kier molecular flexibility index (Phi) is 12.2. The summed E-state index contributed by atoms with van der Waals surface area (Å²) in [7, 11) is 0. The number of benzene rings is 5. The van der Waals surface area contributed by atoms with E-state index in [0.29, 0.717) is 18.8 Å². The highest BCUT2D eigenvalue weighted by molar-refractivity contribution is 5.92. The molecule has 0 bridgehead atoms. The van der Waals surface area contributed by atoms with Crippen LogP contribution in [0.3, 0.4) is 0 Å². The maximum absolute atomic E-state index is 11.4. The molecule has 0 aliphatic heterocycles. The van der Waals surface area contributed by atoms with E-state index in [1.54, 1.807) is 0 Å². The largest absolute Gasteiger partial charge is 0.490 e. The summed E-state index contributed by atoms with van der Waals surface area (Å²) in [6.07, 6.45) is 5.13. The highest BCUT2D eigenvalue weighted by Crippen LogP contribution is 2.36. The first kappa shape index (κ1) is 35.2. The molecular formula is C44H41NO5. The van der Waals surface area contributed by atoms with Gasteiger partial charge in [0.2, 0.25) is 0 Å². The van der Waals surface area contributed by atoms with Crippen molar-refractivity contribution < 1.29 is 23.8 Å². The molecule has 5 aromatic rings. The van der Waals surface area contributed by atoms with Crippen LogP contribution in [0.15, 0.2) is 147 Å². The number of hydrogen-bond acceptors (Lipinski definition) is 6.